The maximum Gasteiger partial charge on any atom is 0.264 e. The van der Waals surface area contributed by atoms with Gasteiger partial charge in [-0.2, -0.15) is 5.10 Å². The number of benzene rings is 2. The molecule has 0 spiro atoms. The van der Waals surface area contributed by atoms with Gasteiger partial charge in [-0.25, -0.2) is 13.8 Å². The van der Waals surface area contributed by atoms with Crippen molar-refractivity contribution >= 4 is 39.4 Å². The monoisotopic (exact) mass is 461 g/mol. The lowest BCUT2D eigenvalue weighted by molar-refractivity contribution is -0.119. The van der Waals surface area contributed by atoms with Crippen LogP contribution in [0.4, 0.5) is 5.69 Å². The van der Waals surface area contributed by atoms with E-state index in [4.69, 9.17) is 20.8 Å². The third kappa shape index (κ3) is 5.44. The first-order valence-electron chi connectivity index (χ1n) is 9.09. The van der Waals surface area contributed by atoms with Gasteiger partial charge in [0.05, 0.1) is 35.2 Å². The van der Waals surface area contributed by atoms with E-state index in [1.807, 2.05) is 6.92 Å². The summed E-state index contributed by atoms with van der Waals surface area (Å²) in [6.45, 7) is 1.33. The third-order valence-electron chi connectivity index (χ3n) is 4.24. The summed E-state index contributed by atoms with van der Waals surface area (Å²) in [6, 6.07) is 14.1. The standard InChI is InChI=1S/C21H20ClN3O5S/c1-15-5-8-18(9-6-15)31(27,28)25(16-7-10-20(29-2)19(22)12-16)14-21(26)24-23-13-17-4-3-11-30-17/h3-13H,14H2,1-2H3,(H,24,26)/b23-13-. The summed E-state index contributed by atoms with van der Waals surface area (Å²) >= 11 is 6.19. The van der Waals surface area contributed by atoms with E-state index in [1.165, 1.54) is 49.9 Å². The topological polar surface area (TPSA) is 101 Å². The number of hydrogen-bond acceptors (Lipinski definition) is 6. The van der Waals surface area contributed by atoms with Crippen LogP contribution in [0.2, 0.25) is 5.02 Å². The predicted octanol–water partition coefficient (Wildman–Crippen LogP) is 3.60. The van der Waals surface area contributed by atoms with Gasteiger partial charge in [0.15, 0.2) is 0 Å². The fourth-order valence-corrected chi connectivity index (χ4v) is 4.33. The van der Waals surface area contributed by atoms with Crippen LogP contribution in [0.5, 0.6) is 5.75 Å². The number of anilines is 1. The van der Waals surface area contributed by atoms with Crippen molar-refractivity contribution in [3.63, 3.8) is 0 Å². The second kappa shape index (κ2) is 9.67. The molecule has 0 aliphatic rings. The van der Waals surface area contributed by atoms with Crippen molar-refractivity contribution < 1.29 is 22.4 Å². The maximum absolute atomic E-state index is 13.3. The SMILES string of the molecule is COc1ccc(N(CC(=O)N/N=C\c2ccco2)S(=O)(=O)c2ccc(C)cc2)cc1Cl. The van der Waals surface area contributed by atoms with Crippen LogP contribution in [0.1, 0.15) is 11.3 Å². The first kappa shape index (κ1) is 22.4. The van der Waals surface area contributed by atoms with E-state index in [1.54, 1.807) is 24.3 Å². The zero-order valence-corrected chi connectivity index (χ0v) is 18.4. The second-order valence-electron chi connectivity index (χ2n) is 6.45. The van der Waals surface area contributed by atoms with Crippen molar-refractivity contribution in [3.05, 3.63) is 77.2 Å². The molecular weight excluding hydrogens is 442 g/mol. The van der Waals surface area contributed by atoms with Crippen molar-refractivity contribution in [1.82, 2.24) is 5.43 Å². The second-order valence-corrected chi connectivity index (χ2v) is 8.72. The van der Waals surface area contributed by atoms with Gasteiger partial charge in [0.1, 0.15) is 18.1 Å². The molecule has 0 saturated heterocycles. The Hall–Kier alpha value is -3.30. The Kier molecular flexibility index (Phi) is 6.98. The molecule has 1 amide bonds. The number of sulfonamides is 1. The lowest BCUT2D eigenvalue weighted by Gasteiger charge is -2.24. The van der Waals surface area contributed by atoms with Gasteiger partial charge in [0.2, 0.25) is 0 Å². The zero-order chi connectivity index (χ0) is 22.4. The smallest absolute Gasteiger partial charge is 0.264 e. The predicted molar refractivity (Wildman–Crippen MR) is 118 cm³/mol. The summed E-state index contributed by atoms with van der Waals surface area (Å²) in [7, 11) is -2.62. The van der Waals surface area contributed by atoms with Crippen LogP contribution in [0.3, 0.4) is 0 Å². The van der Waals surface area contributed by atoms with Crippen LogP contribution in [-0.4, -0.2) is 34.2 Å². The molecule has 31 heavy (non-hydrogen) atoms. The fraction of sp³-hybridized carbons (Fsp3) is 0.143. The van der Waals surface area contributed by atoms with Crippen LogP contribution in [-0.2, 0) is 14.8 Å². The van der Waals surface area contributed by atoms with Crippen LogP contribution < -0.4 is 14.5 Å². The molecule has 0 unspecified atom stereocenters. The van der Waals surface area contributed by atoms with Gasteiger partial charge < -0.3 is 9.15 Å². The van der Waals surface area contributed by atoms with Crippen LogP contribution in [0, 0.1) is 6.92 Å². The number of carbonyl (C=O) groups is 1. The molecule has 8 nitrogen and oxygen atoms in total. The highest BCUT2D eigenvalue weighted by Crippen LogP contribution is 2.31. The average Bonchev–Trinajstić information content (AvgIpc) is 3.25. The van der Waals surface area contributed by atoms with E-state index in [9.17, 15) is 13.2 Å². The number of nitrogens with zero attached hydrogens (tertiary/aromatic N) is 2. The molecule has 2 aromatic carbocycles. The lowest BCUT2D eigenvalue weighted by Crippen LogP contribution is -2.39. The average molecular weight is 462 g/mol. The van der Waals surface area contributed by atoms with Crippen LogP contribution in [0.15, 0.2) is 75.3 Å². The van der Waals surface area contributed by atoms with E-state index in [0.717, 1.165) is 9.87 Å². The van der Waals surface area contributed by atoms with Gasteiger partial charge in [-0.05, 0) is 49.4 Å². The number of halogens is 1. The largest absolute Gasteiger partial charge is 0.495 e. The minimum atomic E-state index is -4.07. The molecule has 3 aromatic rings. The summed E-state index contributed by atoms with van der Waals surface area (Å²) in [5.41, 5.74) is 3.41. The molecule has 0 radical (unpaired) electrons. The first-order valence-corrected chi connectivity index (χ1v) is 10.9. The molecule has 0 bridgehead atoms. The Bertz CT molecular complexity index is 1180. The summed E-state index contributed by atoms with van der Waals surface area (Å²) in [4.78, 5) is 12.5. The van der Waals surface area contributed by atoms with Gasteiger partial charge >= 0.3 is 0 Å². The lowest BCUT2D eigenvalue weighted by atomic mass is 10.2. The maximum atomic E-state index is 13.3. The van der Waals surface area contributed by atoms with Crippen molar-refractivity contribution in [2.24, 2.45) is 5.10 Å². The Morgan fingerprint density at radius 2 is 1.97 bits per heavy atom. The van der Waals surface area contributed by atoms with Crippen molar-refractivity contribution in [2.75, 3.05) is 18.0 Å². The number of aryl methyl sites for hydroxylation is 1. The Morgan fingerprint density at radius 3 is 2.58 bits per heavy atom. The van der Waals surface area contributed by atoms with Gasteiger partial charge in [0, 0.05) is 0 Å². The Labute approximate surface area is 185 Å². The molecule has 0 fully saturated rings. The highest BCUT2D eigenvalue weighted by Gasteiger charge is 2.27. The van der Waals surface area contributed by atoms with Gasteiger partial charge in [-0.15, -0.1) is 0 Å². The Balaban J connectivity index is 1.91. The van der Waals surface area contributed by atoms with Gasteiger partial charge in [0.25, 0.3) is 15.9 Å². The number of nitrogens with one attached hydrogen (secondary N) is 1. The summed E-state index contributed by atoms with van der Waals surface area (Å²) in [5.74, 6) is 0.169. The number of ether oxygens (including phenoxy) is 1. The number of amides is 1. The molecule has 1 N–H and O–H groups in total. The molecular formula is C21H20ClN3O5S. The summed E-state index contributed by atoms with van der Waals surface area (Å²) in [6.07, 6.45) is 2.77. The molecule has 3 rings (SSSR count). The van der Waals surface area contributed by atoms with Crippen molar-refractivity contribution in [1.29, 1.82) is 0 Å². The van der Waals surface area contributed by atoms with E-state index >= 15 is 0 Å². The normalized spacial score (nSPS) is 11.5. The molecule has 0 aliphatic carbocycles. The number of carbonyl (C=O) groups excluding carboxylic acids is 1. The number of methoxy groups -OCH3 is 1. The van der Waals surface area contributed by atoms with E-state index in [-0.39, 0.29) is 15.6 Å². The van der Waals surface area contributed by atoms with E-state index in [0.29, 0.717) is 11.5 Å². The summed E-state index contributed by atoms with van der Waals surface area (Å²) in [5, 5.41) is 3.99. The zero-order valence-electron chi connectivity index (χ0n) is 16.8. The van der Waals surface area contributed by atoms with Gasteiger partial charge in [-0.3, -0.25) is 9.10 Å². The minimum absolute atomic E-state index is 0.0388. The van der Waals surface area contributed by atoms with E-state index in [2.05, 4.69) is 10.5 Å². The van der Waals surface area contributed by atoms with Crippen molar-refractivity contribution in [3.8, 4) is 5.75 Å². The number of hydrogen-bond donors (Lipinski definition) is 1. The first-order chi connectivity index (χ1) is 14.8. The number of hydrazone groups is 1. The fourth-order valence-electron chi connectivity index (χ4n) is 2.66. The molecule has 10 heteroatoms. The minimum Gasteiger partial charge on any atom is -0.495 e. The number of furan rings is 1. The molecule has 1 aromatic heterocycles. The van der Waals surface area contributed by atoms with Crippen LogP contribution >= 0.6 is 11.6 Å². The highest BCUT2D eigenvalue weighted by molar-refractivity contribution is 7.92. The van der Waals surface area contributed by atoms with Crippen LogP contribution in [0.25, 0.3) is 0 Å². The molecule has 0 aliphatic heterocycles. The third-order valence-corrected chi connectivity index (χ3v) is 6.33. The summed E-state index contributed by atoms with van der Waals surface area (Å²) < 4.78 is 37.8. The van der Waals surface area contributed by atoms with Crippen molar-refractivity contribution in [2.45, 2.75) is 11.8 Å². The highest BCUT2D eigenvalue weighted by atomic mass is 35.5. The molecule has 162 valence electrons. The van der Waals surface area contributed by atoms with E-state index < -0.39 is 22.5 Å². The quantitative estimate of drug-likeness (QED) is 0.408. The molecule has 0 saturated carbocycles. The molecule has 0 atom stereocenters. The molecule has 1 heterocycles. The number of rotatable bonds is 8. The van der Waals surface area contributed by atoms with Gasteiger partial charge in [-0.1, -0.05) is 29.3 Å². The Morgan fingerprint density at radius 1 is 1.23 bits per heavy atom.